The van der Waals surface area contributed by atoms with Crippen molar-refractivity contribution < 1.29 is 18.8 Å². The molecule has 0 unspecified atom stereocenters. The lowest BCUT2D eigenvalue weighted by Gasteiger charge is -2.36. The van der Waals surface area contributed by atoms with Crippen LogP contribution in [0.5, 0.6) is 5.75 Å². The molecule has 1 saturated heterocycles. The van der Waals surface area contributed by atoms with E-state index in [0.717, 1.165) is 10.4 Å². The molecular formula is C24H37N3O5SSi. The molecule has 1 aliphatic heterocycles. The first-order valence-corrected chi connectivity index (χ1v) is 15.3. The molecule has 1 aliphatic rings. The van der Waals surface area contributed by atoms with Crippen molar-refractivity contribution in [1.29, 1.82) is 0 Å². The summed E-state index contributed by atoms with van der Waals surface area (Å²) in [6.45, 7) is 18.1. The van der Waals surface area contributed by atoms with Gasteiger partial charge in [0.2, 0.25) is 14.2 Å². The number of piperazine rings is 1. The normalized spacial score (nSPS) is 15.5. The van der Waals surface area contributed by atoms with Gasteiger partial charge in [-0.2, -0.15) is 0 Å². The van der Waals surface area contributed by atoms with Crippen LogP contribution in [0.2, 0.25) is 18.1 Å². The molecule has 1 aromatic carbocycles. The van der Waals surface area contributed by atoms with Gasteiger partial charge in [0.25, 0.3) is 5.56 Å². The zero-order valence-corrected chi connectivity index (χ0v) is 23.4. The third-order valence-corrected chi connectivity index (χ3v) is 11.8. The van der Waals surface area contributed by atoms with Gasteiger partial charge in [0.1, 0.15) is 17.9 Å². The minimum atomic E-state index is -1.99. The molecule has 0 saturated carbocycles. The molecule has 2 amide bonds. The van der Waals surface area contributed by atoms with Crippen LogP contribution in [0.3, 0.4) is 0 Å². The second kappa shape index (κ2) is 9.37. The number of ether oxygens (including phenoxy) is 1. The van der Waals surface area contributed by atoms with Crippen LogP contribution in [0, 0.1) is 0 Å². The number of rotatable bonds is 4. The smallest absolute Gasteiger partial charge is 0.410 e. The predicted molar refractivity (Wildman–Crippen MR) is 138 cm³/mol. The van der Waals surface area contributed by atoms with E-state index in [9.17, 15) is 14.4 Å². The zero-order valence-electron chi connectivity index (χ0n) is 21.6. The van der Waals surface area contributed by atoms with Crippen LogP contribution in [0.25, 0.3) is 10.1 Å². The minimum Gasteiger partial charge on any atom is -0.543 e. The summed E-state index contributed by atoms with van der Waals surface area (Å²) < 4.78 is 14.1. The Bertz CT molecular complexity index is 1120. The molecule has 0 atom stereocenters. The third kappa shape index (κ3) is 6.01. The molecule has 2 aromatic rings. The van der Waals surface area contributed by atoms with Crippen LogP contribution in [-0.4, -0.2) is 65.9 Å². The van der Waals surface area contributed by atoms with E-state index in [2.05, 4.69) is 33.9 Å². The Balaban J connectivity index is 1.66. The molecule has 0 bridgehead atoms. The number of carbonyl (C=O) groups is 2. The molecule has 1 aromatic heterocycles. The highest BCUT2D eigenvalue weighted by Crippen LogP contribution is 2.38. The van der Waals surface area contributed by atoms with Crippen molar-refractivity contribution in [3.63, 3.8) is 0 Å². The molecule has 3 rings (SSSR count). The van der Waals surface area contributed by atoms with Crippen molar-refractivity contribution >= 4 is 41.9 Å². The summed E-state index contributed by atoms with van der Waals surface area (Å²) in [5.41, 5.74) is -0.721. The average Bonchev–Trinajstić information content (AvgIpc) is 3.00. The van der Waals surface area contributed by atoms with Crippen LogP contribution < -0.4 is 9.99 Å². The highest BCUT2D eigenvalue weighted by molar-refractivity contribution is 7.13. The molecule has 2 heterocycles. The van der Waals surface area contributed by atoms with E-state index in [-0.39, 0.29) is 29.1 Å². The van der Waals surface area contributed by atoms with Gasteiger partial charge in [0.15, 0.2) is 0 Å². The van der Waals surface area contributed by atoms with Crippen molar-refractivity contribution in [2.45, 2.75) is 71.8 Å². The molecule has 0 N–H and O–H groups in total. The van der Waals surface area contributed by atoms with E-state index >= 15 is 0 Å². The van der Waals surface area contributed by atoms with Crippen LogP contribution in [0.1, 0.15) is 41.5 Å². The lowest BCUT2D eigenvalue weighted by atomic mass is 10.2. The Morgan fingerprint density at radius 3 is 2.15 bits per heavy atom. The quantitative estimate of drug-likeness (QED) is 0.568. The summed E-state index contributed by atoms with van der Waals surface area (Å²) in [6.07, 6.45) is -0.365. The molecule has 10 heteroatoms. The van der Waals surface area contributed by atoms with Crippen molar-refractivity contribution in [2.75, 3.05) is 26.2 Å². The summed E-state index contributed by atoms with van der Waals surface area (Å²) in [6, 6.07) is 5.54. The summed E-state index contributed by atoms with van der Waals surface area (Å²) in [5.74, 6) is 0.632. The van der Waals surface area contributed by atoms with Crippen molar-refractivity contribution in [3.05, 3.63) is 28.6 Å². The molecule has 34 heavy (non-hydrogen) atoms. The third-order valence-electron chi connectivity index (χ3n) is 6.36. The number of carbonyl (C=O) groups excluding carboxylic acids is 2. The number of hydrogen-bond donors (Lipinski definition) is 0. The van der Waals surface area contributed by atoms with Gasteiger partial charge < -0.3 is 19.0 Å². The molecule has 8 nitrogen and oxygen atoms in total. The fourth-order valence-electron chi connectivity index (χ4n) is 3.35. The van der Waals surface area contributed by atoms with Crippen LogP contribution >= 0.6 is 11.5 Å². The van der Waals surface area contributed by atoms with E-state index in [4.69, 9.17) is 9.16 Å². The van der Waals surface area contributed by atoms with Gasteiger partial charge >= 0.3 is 6.09 Å². The lowest BCUT2D eigenvalue weighted by molar-refractivity contribution is -0.133. The van der Waals surface area contributed by atoms with Gasteiger partial charge in [0, 0.05) is 26.2 Å². The van der Waals surface area contributed by atoms with Crippen LogP contribution in [0.4, 0.5) is 4.79 Å². The molecule has 1 fully saturated rings. The van der Waals surface area contributed by atoms with E-state index < -0.39 is 13.9 Å². The Morgan fingerprint density at radius 1 is 1.00 bits per heavy atom. The lowest BCUT2D eigenvalue weighted by Crippen LogP contribution is -2.52. The molecule has 0 spiro atoms. The Kier molecular flexibility index (Phi) is 7.24. The van der Waals surface area contributed by atoms with Gasteiger partial charge in [-0.05, 0) is 57.1 Å². The van der Waals surface area contributed by atoms with Gasteiger partial charge in [-0.15, -0.1) is 0 Å². The van der Waals surface area contributed by atoms with Gasteiger partial charge in [-0.1, -0.05) is 32.3 Å². The molecular weight excluding hydrogens is 470 g/mol. The average molecular weight is 508 g/mol. The fraction of sp³-hybridized carbons (Fsp3) is 0.625. The zero-order chi connectivity index (χ0) is 25.5. The molecule has 188 valence electrons. The second-order valence-corrected chi connectivity index (χ2v) is 17.1. The first kappa shape index (κ1) is 26.3. The maximum atomic E-state index is 12.9. The minimum absolute atomic E-state index is 0.0109. The Labute approximate surface area is 206 Å². The number of fused-ring (bicyclic) bond motifs is 1. The maximum absolute atomic E-state index is 12.9. The molecule has 0 radical (unpaired) electrons. The number of hydrogen-bond acceptors (Lipinski definition) is 6. The predicted octanol–water partition coefficient (Wildman–Crippen LogP) is 4.53. The van der Waals surface area contributed by atoms with E-state index in [0.29, 0.717) is 31.6 Å². The van der Waals surface area contributed by atoms with Gasteiger partial charge in [-0.25, -0.2) is 4.79 Å². The highest BCUT2D eigenvalue weighted by atomic mass is 32.1. The maximum Gasteiger partial charge on any atom is 0.410 e. The standard InChI is InChI=1S/C24H37N3O5SSi/c1-23(2,3)31-22(30)26-13-11-25(12-14-26)20(28)16-27-21(29)18-10-9-17(15-19(18)33-27)32-34(7,8)24(4,5)6/h9-10,15H,11-14,16H2,1-8H3. The summed E-state index contributed by atoms with van der Waals surface area (Å²) in [7, 11) is -1.99. The summed E-state index contributed by atoms with van der Waals surface area (Å²) in [5, 5.41) is 0.663. The van der Waals surface area contributed by atoms with E-state index in [1.807, 2.05) is 32.9 Å². The SMILES string of the molecule is CC(C)(C)OC(=O)N1CCN(C(=O)Cn2sc3cc(O[Si](C)(C)C(C)(C)C)ccc3c2=O)CC1. The summed E-state index contributed by atoms with van der Waals surface area (Å²) >= 11 is 1.28. The highest BCUT2D eigenvalue weighted by Gasteiger charge is 2.39. The van der Waals surface area contributed by atoms with E-state index in [1.165, 1.54) is 15.5 Å². The number of amides is 2. The van der Waals surface area contributed by atoms with Gasteiger partial charge in [-0.3, -0.25) is 13.5 Å². The second-order valence-electron chi connectivity index (χ2n) is 11.3. The van der Waals surface area contributed by atoms with Crippen LogP contribution in [0.15, 0.2) is 23.0 Å². The largest absolute Gasteiger partial charge is 0.543 e. The van der Waals surface area contributed by atoms with Crippen molar-refractivity contribution in [1.82, 2.24) is 13.8 Å². The Hall–Kier alpha value is -2.33. The number of benzene rings is 1. The van der Waals surface area contributed by atoms with E-state index in [1.54, 1.807) is 15.9 Å². The van der Waals surface area contributed by atoms with Crippen LogP contribution in [-0.2, 0) is 16.1 Å². The first-order chi connectivity index (χ1) is 15.6. The topological polar surface area (TPSA) is 81.1 Å². The molecule has 0 aliphatic carbocycles. The fourth-order valence-corrected chi connectivity index (χ4v) is 5.39. The summed E-state index contributed by atoms with van der Waals surface area (Å²) in [4.78, 5) is 41.3. The number of aromatic nitrogens is 1. The van der Waals surface area contributed by atoms with Gasteiger partial charge in [0.05, 0.1) is 10.1 Å². The number of nitrogens with zero attached hydrogens (tertiary/aromatic N) is 3. The van der Waals surface area contributed by atoms with Crippen molar-refractivity contribution in [3.8, 4) is 5.75 Å². The Morgan fingerprint density at radius 2 is 1.59 bits per heavy atom. The van der Waals surface area contributed by atoms with Crippen molar-refractivity contribution in [2.24, 2.45) is 0 Å². The first-order valence-electron chi connectivity index (χ1n) is 11.7. The monoisotopic (exact) mass is 507 g/mol.